The molecule has 20 heavy (non-hydrogen) atoms. The van der Waals surface area contributed by atoms with E-state index >= 15 is 0 Å². The average Bonchev–Trinajstić information content (AvgIpc) is 3.22. The molecule has 0 amide bonds. The van der Waals surface area contributed by atoms with E-state index < -0.39 is 28.5 Å². The number of esters is 1. The first-order valence-electron chi connectivity index (χ1n) is 5.82. The summed E-state index contributed by atoms with van der Waals surface area (Å²) in [5.41, 5.74) is -0.409. The predicted octanol–water partition coefficient (Wildman–Crippen LogP) is 2.83. The molecule has 1 aromatic rings. The van der Waals surface area contributed by atoms with Crippen molar-refractivity contribution in [2.24, 2.45) is 5.92 Å². The molecule has 1 aliphatic rings. The maximum atomic E-state index is 13.5. The van der Waals surface area contributed by atoms with E-state index in [9.17, 15) is 19.3 Å². The van der Waals surface area contributed by atoms with Crippen LogP contribution in [0.5, 0.6) is 5.75 Å². The fourth-order valence-corrected chi connectivity index (χ4v) is 2.08. The highest BCUT2D eigenvalue weighted by Gasteiger charge is 2.40. The Morgan fingerprint density at radius 1 is 1.55 bits per heavy atom. The Labute approximate surface area is 122 Å². The van der Waals surface area contributed by atoms with Gasteiger partial charge in [-0.15, -0.1) is 0 Å². The Balaban J connectivity index is 2.33. The Morgan fingerprint density at radius 3 is 2.70 bits per heavy atom. The van der Waals surface area contributed by atoms with Gasteiger partial charge in [0.1, 0.15) is 5.82 Å². The second-order valence-electron chi connectivity index (χ2n) is 4.39. The smallest absolute Gasteiger partial charge is 0.347 e. The number of nitrogens with zero attached hydrogens (tertiary/aromatic N) is 1. The minimum Gasteiger partial charge on any atom is -0.471 e. The van der Waals surface area contributed by atoms with E-state index in [4.69, 9.17) is 4.74 Å². The van der Waals surface area contributed by atoms with Gasteiger partial charge >= 0.3 is 11.7 Å². The van der Waals surface area contributed by atoms with E-state index in [1.54, 1.807) is 0 Å². The molecule has 6 nitrogen and oxygen atoms in total. The summed E-state index contributed by atoms with van der Waals surface area (Å²) < 4.78 is 23.4. The van der Waals surface area contributed by atoms with Crippen molar-refractivity contribution < 1.29 is 23.6 Å². The van der Waals surface area contributed by atoms with Gasteiger partial charge in [-0.25, -0.2) is 9.18 Å². The highest BCUT2D eigenvalue weighted by Crippen LogP contribution is 2.39. The van der Waals surface area contributed by atoms with Crippen molar-refractivity contribution in [3.63, 3.8) is 0 Å². The van der Waals surface area contributed by atoms with Crippen LogP contribution in [-0.2, 0) is 9.53 Å². The lowest BCUT2D eigenvalue weighted by Gasteiger charge is -2.16. The summed E-state index contributed by atoms with van der Waals surface area (Å²) in [4.78, 5) is 21.9. The lowest BCUT2D eigenvalue weighted by molar-refractivity contribution is -0.386. The van der Waals surface area contributed by atoms with Crippen molar-refractivity contribution in [1.82, 2.24) is 0 Å². The molecule has 0 saturated heterocycles. The number of hydrogen-bond acceptors (Lipinski definition) is 5. The molecule has 1 atom stereocenters. The van der Waals surface area contributed by atoms with Gasteiger partial charge in [0.05, 0.1) is 16.5 Å². The molecule has 1 saturated carbocycles. The first-order valence-corrected chi connectivity index (χ1v) is 6.61. The molecule has 0 spiro atoms. The number of halogens is 2. The van der Waals surface area contributed by atoms with Crippen molar-refractivity contribution in [2.45, 2.75) is 18.9 Å². The van der Waals surface area contributed by atoms with Gasteiger partial charge in [0, 0.05) is 18.1 Å². The van der Waals surface area contributed by atoms with Crippen molar-refractivity contribution in [1.29, 1.82) is 0 Å². The van der Waals surface area contributed by atoms with E-state index in [0.29, 0.717) is 0 Å². The molecular weight excluding hydrogens is 337 g/mol. The van der Waals surface area contributed by atoms with Gasteiger partial charge < -0.3 is 9.47 Å². The maximum absolute atomic E-state index is 13.5. The molecule has 8 heteroatoms. The van der Waals surface area contributed by atoms with Gasteiger partial charge in [-0.3, -0.25) is 10.1 Å². The number of hydrogen-bond donors (Lipinski definition) is 0. The molecule has 1 aromatic carbocycles. The molecule has 0 radical (unpaired) electrons. The molecule has 0 bridgehead atoms. The zero-order valence-corrected chi connectivity index (χ0v) is 12.1. The van der Waals surface area contributed by atoms with Gasteiger partial charge in [-0.2, -0.15) is 0 Å². The molecule has 1 aliphatic carbocycles. The molecule has 1 unspecified atom stereocenters. The third-order valence-electron chi connectivity index (χ3n) is 2.94. The maximum Gasteiger partial charge on any atom is 0.347 e. The zero-order chi connectivity index (χ0) is 14.9. The second kappa shape index (κ2) is 5.74. The normalized spacial score (nSPS) is 15.6. The standard InChI is InChI=1S/C12H11BrFNO5/c1-19-12(16)11(6-2-3-6)20-10-5-8(14)7(13)4-9(10)15(17)18/h4-6,11H,2-3H2,1H3. The van der Waals surface area contributed by atoms with Crippen LogP contribution >= 0.6 is 15.9 Å². The van der Waals surface area contributed by atoms with Crippen LogP contribution in [0.1, 0.15) is 12.8 Å². The third kappa shape index (κ3) is 3.06. The highest BCUT2D eigenvalue weighted by atomic mass is 79.9. The minimum atomic E-state index is -0.945. The fraction of sp³-hybridized carbons (Fsp3) is 0.417. The van der Waals surface area contributed by atoms with E-state index in [1.807, 2.05) is 0 Å². The van der Waals surface area contributed by atoms with Gasteiger partial charge in [-0.05, 0) is 28.8 Å². The first kappa shape index (κ1) is 14.7. The number of methoxy groups -OCH3 is 1. The van der Waals surface area contributed by atoms with E-state index in [2.05, 4.69) is 20.7 Å². The summed E-state index contributed by atoms with van der Waals surface area (Å²) in [6, 6.07) is 1.90. The Bertz CT molecular complexity index is 561. The van der Waals surface area contributed by atoms with Crippen molar-refractivity contribution in [3.8, 4) is 5.75 Å². The number of benzene rings is 1. The van der Waals surface area contributed by atoms with Gasteiger partial charge in [0.15, 0.2) is 6.10 Å². The Morgan fingerprint density at radius 2 is 2.20 bits per heavy atom. The van der Waals surface area contributed by atoms with Gasteiger partial charge in [0.25, 0.3) is 0 Å². The first-order chi connectivity index (χ1) is 9.43. The molecule has 0 N–H and O–H groups in total. The molecule has 108 valence electrons. The van der Waals surface area contributed by atoms with Crippen LogP contribution in [-0.4, -0.2) is 24.1 Å². The van der Waals surface area contributed by atoms with Gasteiger partial charge in [-0.1, -0.05) is 0 Å². The molecule has 0 heterocycles. The average molecular weight is 348 g/mol. The van der Waals surface area contributed by atoms with E-state index in [-0.39, 0.29) is 16.1 Å². The van der Waals surface area contributed by atoms with Gasteiger partial charge in [0.2, 0.25) is 5.75 Å². The van der Waals surface area contributed by atoms with Crippen LogP contribution in [0.4, 0.5) is 10.1 Å². The van der Waals surface area contributed by atoms with E-state index in [1.165, 1.54) is 7.11 Å². The van der Waals surface area contributed by atoms with E-state index in [0.717, 1.165) is 25.0 Å². The topological polar surface area (TPSA) is 78.7 Å². The summed E-state index contributed by atoms with van der Waals surface area (Å²) in [6.45, 7) is 0. The lowest BCUT2D eigenvalue weighted by atomic mass is 10.2. The quantitative estimate of drug-likeness (QED) is 0.465. The van der Waals surface area contributed by atoms with Crippen LogP contribution in [0.25, 0.3) is 0 Å². The summed E-state index contributed by atoms with van der Waals surface area (Å²) in [6.07, 6.45) is 0.596. The molecule has 0 aromatic heterocycles. The van der Waals surface area contributed by atoms with Crippen molar-refractivity contribution in [3.05, 3.63) is 32.5 Å². The second-order valence-corrected chi connectivity index (χ2v) is 5.24. The van der Waals surface area contributed by atoms with Crippen molar-refractivity contribution >= 4 is 27.6 Å². The highest BCUT2D eigenvalue weighted by molar-refractivity contribution is 9.10. The number of carbonyl (C=O) groups excluding carboxylic acids is 1. The summed E-state index contributed by atoms with van der Waals surface area (Å²) in [5.74, 6) is -1.65. The Kier molecular flexibility index (Phi) is 4.22. The zero-order valence-electron chi connectivity index (χ0n) is 10.5. The third-order valence-corrected chi connectivity index (χ3v) is 3.54. The SMILES string of the molecule is COC(=O)C(Oc1cc(F)c(Br)cc1[N+](=O)[O-])C1CC1. The van der Waals surface area contributed by atoms with Crippen LogP contribution in [0.3, 0.4) is 0 Å². The number of nitro groups is 1. The minimum absolute atomic E-state index is 0.0439. The number of rotatable bonds is 5. The summed E-state index contributed by atoms with van der Waals surface area (Å²) in [7, 11) is 1.21. The summed E-state index contributed by atoms with van der Waals surface area (Å²) in [5, 5.41) is 11.0. The monoisotopic (exact) mass is 347 g/mol. The predicted molar refractivity (Wildman–Crippen MR) is 69.9 cm³/mol. The molecular formula is C12H11BrFNO5. The lowest BCUT2D eigenvalue weighted by Crippen LogP contribution is -2.31. The van der Waals surface area contributed by atoms with Crippen molar-refractivity contribution in [2.75, 3.05) is 7.11 Å². The van der Waals surface area contributed by atoms with Crippen LogP contribution in [0, 0.1) is 21.8 Å². The van der Waals surface area contributed by atoms with Crippen LogP contribution in [0.15, 0.2) is 16.6 Å². The molecule has 0 aliphatic heterocycles. The number of ether oxygens (including phenoxy) is 2. The van der Waals surface area contributed by atoms with Crippen LogP contribution in [0.2, 0.25) is 0 Å². The fourth-order valence-electron chi connectivity index (χ4n) is 1.74. The summed E-state index contributed by atoms with van der Waals surface area (Å²) >= 11 is 2.87. The molecule has 1 fully saturated rings. The largest absolute Gasteiger partial charge is 0.471 e. The number of carbonyl (C=O) groups is 1. The van der Waals surface area contributed by atoms with Crippen LogP contribution < -0.4 is 4.74 Å². The molecule has 2 rings (SSSR count). The Hall–Kier alpha value is -1.70. The number of nitro benzene ring substituents is 1.